The highest BCUT2D eigenvalue weighted by molar-refractivity contribution is 7.07. The van der Waals surface area contributed by atoms with E-state index in [4.69, 9.17) is 0 Å². The first-order chi connectivity index (χ1) is 9.28. The maximum absolute atomic E-state index is 14.4. The molecule has 0 unspecified atom stereocenters. The molecule has 1 N–H and O–H groups in total. The molecule has 4 nitrogen and oxygen atoms in total. The lowest BCUT2D eigenvalue weighted by atomic mass is 10.1. The van der Waals surface area contributed by atoms with Crippen LogP contribution in [0.3, 0.4) is 0 Å². The van der Waals surface area contributed by atoms with Gasteiger partial charge < -0.3 is 10.2 Å². The Kier molecular flexibility index (Phi) is 3.44. The van der Waals surface area contributed by atoms with E-state index in [2.05, 4.69) is 15.3 Å². The van der Waals surface area contributed by atoms with Crippen molar-refractivity contribution >= 4 is 17.2 Å². The molecule has 1 saturated heterocycles. The minimum absolute atomic E-state index is 0.289. The van der Waals surface area contributed by atoms with Gasteiger partial charge in [-0.25, -0.2) is 14.4 Å². The van der Waals surface area contributed by atoms with Crippen molar-refractivity contribution in [3.63, 3.8) is 0 Å². The Morgan fingerprint density at radius 3 is 3.00 bits per heavy atom. The second-order valence-electron chi connectivity index (χ2n) is 4.66. The molecule has 19 heavy (non-hydrogen) atoms. The number of rotatable bonds is 4. The topological polar surface area (TPSA) is 41.0 Å². The lowest BCUT2D eigenvalue weighted by Crippen LogP contribution is -2.57. The molecule has 0 spiro atoms. The fourth-order valence-electron chi connectivity index (χ4n) is 2.16. The van der Waals surface area contributed by atoms with Gasteiger partial charge in [0.2, 0.25) is 0 Å². The van der Waals surface area contributed by atoms with E-state index in [1.54, 1.807) is 11.3 Å². The lowest BCUT2D eigenvalue weighted by molar-refractivity contribution is 0.437. The third-order valence-electron chi connectivity index (χ3n) is 3.38. The molecule has 100 valence electrons. The van der Waals surface area contributed by atoms with Crippen LogP contribution in [0.4, 0.5) is 10.2 Å². The van der Waals surface area contributed by atoms with Crippen molar-refractivity contribution in [1.29, 1.82) is 0 Å². The number of aromatic nitrogens is 2. The van der Waals surface area contributed by atoms with Crippen molar-refractivity contribution in [2.45, 2.75) is 12.5 Å². The molecule has 1 aliphatic rings. The fraction of sp³-hybridized carbons (Fsp3) is 0.385. The molecule has 0 aromatic carbocycles. The van der Waals surface area contributed by atoms with Gasteiger partial charge in [-0.15, -0.1) is 0 Å². The van der Waals surface area contributed by atoms with Crippen LogP contribution in [0.5, 0.6) is 0 Å². The summed E-state index contributed by atoms with van der Waals surface area (Å²) in [7, 11) is 1.92. The first kappa shape index (κ1) is 12.5. The zero-order valence-electron chi connectivity index (χ0n) is 10.6. The van der Waals surface area contributed by atoms with E-state index in [1.165, 1.54) is 6.33 Å². The molecular formula is C13H15FN4S. The number of anilines is 1. The molecule has 2 aromatic rings. The molecule has 6 heteroatoms. The first-order valence-corrected chi connectivity index (χ1v) is 7.15. The Hall–Kier alpha value is -1.53. The summed E-state index contributed by atoms with van der Waals surface area (Å²) in [5.41, 5.74) is 1.56. The van der Waals surface area contributed by atoms with Crippen molar-refractivity contribution < 1.29 is 4.39 Å². The second-order valence-corrected chi connectivity index (χ2v) is 5.44. The van der Waals surface area contributed by atoms with Crippen LogP contribution >= 0.6 is 11.3 Å². The van der Waals surface area contributed by atoms with Gasteiger partial charge in [-0.05, 0) is 29.4 Å². The van der Waals surface area contributed by atoms with Gasteiger partial charge >= 0.3 is 0 Å². The zero-order chi connectivity index (χ0) is 13.2. The minimum atomic E-state index is -0.289. The normalized spacial score (nSPS) is 15.6. The van der Waals surface area contributed by atoms with Crippen molar-refractivity contribution in [3.8, 4) is 0 Å². The summed E-state index contributed by atoms with van der Waals surface area (Å²) in [6, 6.07) is 2.42. The highest BCUT2D eigenvalue weighted by Crippen LogP contribution is 2.24. The largest absolute Gasteiger partial charge is 0.351 e. The summed E-state index contributed by atoms with van der Waals surface area (Å²) in [5, 5.41) is 7.17. The number of nitrogens with one attached hydrogen (secondary N) is 1. The van der Waals surface area contributed by atoms with E-state index in [0.717, 1.165) is 18.7 Å². The van der Waals surface area contributed by atoms with Crippen LogP contribution in [-0.4, -0.2) is 36.1 Å². The molecule has 0 aliphatic carbocycles. The molecule has 0 bridgehead atoms. The Balaban J connectivity index is 1.79. The summed E-state index contributed by atoms with van der Waals surface area (Å²) >= 11 is 1.61. The number of likely N-dealkylation sites (N-methyl/N-ethyl adjacent to an activating group) is 1. The summed E-state index contributed by atoms with van der Waals surface area (Å²) in [4.78, 5) is 10.1. The molecule has 3 heterocycles. The van der Waals surface area contributed by atoms with E-state index in [1.807, 2.05) is 28.8 Å². The first-order valence-electron chi connectivity index (χ1n) is 6.20. The highest BCUT2D eigenvalue weighted by atomic mass is 32.1. The maximum atomic E-state index is 14.4. The number of halogens is 1. The quantitative estimate of drug-likeness (QED) is 0.924. The van der Waals surface area contributed by atoms with Crippen molar-refractivity contribution in [3.05, 3.63) is 40.2 Å². The Labute approximate surface area is 115 Å². The fourth-order valence-corrected chi connectivity index (χ4v) is 2.83. The van der Waals surface area contributed by atoms with Gasteiger partial charge in [0, 0.05) is 25.6 Å². The van der Waals surface area contributed by atoms with E-state index >= 15 is 0 Å². The molecule has 0 amide bonds. The maximum Gasteiger partial charge on any atom is 0.187 e. The van der Waals surface area contributed by atoms with Crippen LogP contribution in [-0.2, 0) is 6.42 Å². The van der Waals surface area contributed by atoms with E-state index in [-0.39, 0.29) is 5.82 Å². The van der Waals surface area contributed by atoms with E-state index < -0.39 is 0 Å². The molecule has 0 saturated carbocycles. The Morgan fingerprint density at radius 1 is 1.47 bits per heavy atom. The third kappa shape index (κ3) is 2.46. The highest BCUT2D eigenvalue weighted by Gasteiger charge is 2.29. The molecular weight excluding hydrogens is 263 g/mol. The van der Waals surface area contributed by atoms with Crippen LogP contribution in [0.1, 0.15) is 11.3 Å². The summed E-state index contributed by atoms with van der Waals surface area (Å²) in [6.07, 6.45) is 1.97. The molecule has 0 atom stereocenters. The Bertz CT molecular complexity index is 552. The van der Waals surface area contributed by atoms with Crippen molar-refractivity contribution in [2.24, 2.45) is 0 Å². The standard InChI is InChI=1S/C13H15FN4S/c1-15-10-5-18(6-10)13-12(14)11(16-8-17-13)4-9-2-3-19-7-9/h2-3,7-8,10,15H,4-6H2,1H3. The van der Waals surface area contributed by atoms with E-state index in [9.17, 15) is 4.39 Å². The predicted molar refractivity (Wildman–Crippen MR) is 74.2 cm³/mol. The second kappa shape index (κ2) is 5.22. The van der Waals surface area contributed by atoms with E-state index in [0.29, 0.717) is 24.0 Å². The van der Waals surface area contributed by atoms with Gasteiger partial charge in [-0.1, -0.05) is 0 Å². The number of hydrogen-bond donors (Lipinski definition) is 1. The molecule has 2 aromatic heterocycles. The zero-order valence-corrected chi connectivity index (χ0v) is 11.5. The van der Waals surface area contributed by atoms with Gasteiger partial charge in [-0.3, -0.25) is 0 Å². The average Bonchev–Trinajstić information content (AvgIpc) is 2.85. The van der Waals surface area contributed by atoms with Crippen molar-refractivity contribution in [1.82, 2.24) is 15.3 Å². The summed E-state index contributed by atoms with van der Waals surface area (Å²) in [5.74, 6) is 0.134. The van der Waals surface area contributed by atoms with Crippen LogP contribution in [0, 0.1) is 5.82 Å². The minimum Gasteiger partial charge on any atom is -0.351 e. The third-order valence-corrected chi connectivity index (χ3v) is 4.12. The van der Waals surface area contributed by atoms with Crippen LogP contribution < -0.4 is 10.2 Å². The van der Waals surface area contributed by atoms with Crippen molar-refractivity contribution in [2.75, 3.05) is 25.0 Å². The Morgan fingerprint density at radius 2 is 2.32 bits per heavy atom. The predicted octanol–water partition coefficient (Wildman–Crippen LogP) is 1.68. The SMILES string of the molecule is CNC1CN(c2ncnc(Cc3ccsc3)c2F)C1. The molecule has 1 aliphatic heterocycles. The van der Waals surface area contributed by atoms with Crippen LogP contribution in [0.2, 0.25) is 0 Å². The average molecular weight is 278 g/mol. The smallest absolute Gasteiger partial charge is 0.187 e. The summed E-state index contributed by atoms with van der Waals surface area (Å²) in [6.45, 7) is 1.59. The van der Waals surface area contributed by atoms with Crippen LogP contribution in [0.15, 0.2) is 23.2 Å². The van der Waals surface area contributed by atoms with Gasteiger partial charge in [0.1, 0.15) is 6.33 Å². The van der Waals surface area contributed by atoms with Gasteiger partial charge in [0.25, 0.3) is 0 Å². The molecule has 0 radical (unpaired) electrons. The van der Waals surface area contributed by atoms with Gasteiger partial charge in [0.15, 0.2) is 11.6 Å². The molecule has 3 rings (SSSR count). The number of hydrogen-bond acceptors (Lipinski definition) is 5. The summed E-state index contributed by atoms with van der Waals surface area (Å²) < 4.78 is 14.4. The monoisotopic (exact) mass is 278 g/mol. The van der Waals surface area contributed by atoms with Crippen LogP contribution in [0.25, 0.3) is 0 Å². The molecule has 1 fully saturated rings. The number of nitrogens with zero attached hydrogens (tertiary/aromatic N) is 3. The number of thiophene rings is 1. The van der Waals surface area contributed by atoms with Gasteiger partial charge in [-0.2, -0.15) is 11.3 Å². The lowest BCUT2D eigenvalue weighted by Gasteiger charge is -2.40. The van der Waals surface area contributed by atoms with Gasteiger partial charge in [0.05, 0.1) is 5.69 Å².